The van der Waals surface area contributed by atoms with Crippen molar-refractivity contribution in [3.63, 3.8) is 0 Å². The van der Waals surface area contributed by atoms with Crippen molar-refractivity contribution in [2.24, 2.45) is 0 Å². The topological polar surface area (TPSA) is 79.9 Å². The van der Waals surface area contributed by atoms with Gasteiger partial charge >= 0.3 is 6.03 Å². The van der Waals surface area contributed by atoms with Gasteiger partial charge in [0, 0.05) is 31.3 Å². The monoisotopic (exact) mass is 385 g/mol. The van der Waals surface area contributed by atoms with Crippen molar-refractivity contribution in [2.75, 3.05) is 31.2 Å². The Kier molecular flexibility index (Phi) is 5.69. The average molecular weight is 385 g/mol. The van der Waals surface area contributed by atoms with Crippen LogP contribution in [0, 0.1) is 0 Å². The molecule has 0 aromatic heterocycles. The highest BCUT2D eigenvalue weighted by molar-refractivity contribution is 5.97. The Labute approximate surface area is 165 Å². The van der Waals surface area contributed by atoms with E-state index < -0.39 is 0 Å². The van der Waals surface area contributed by atoms with Gasteiger partial charge in [-0.2, -0.15) is 0 Å². The number of urea groups is 1. The first kappa shape index (κ1) is 18.7. The van der Waals surface area contributed by atoms with Gasteiger partial charge in [-0.3, -0.25) is 4.79 Å². The number of hydrogen-bond acceptors (Lipinski definition) is 4. The van der Waals surface area contributed by atoms with Crippen LogP contribution in [0.3, 0.4) is 0 Å². The van der Waals surface area contributed by atoms with Crippen LogP contribution >= 0.6 is 0 Å². The third-order valence-electron chi connectivity index (χ3n) is 5.41. The van der Waals surface area contributed by atoms with Crippen LogP contribution in [0.5, 0.6) is 11.5 Å². The van der Waals surface area contributed by atoms with Crippen molar-refractivity contribution in [1.82, 2.24) is 10.6 Å². The summed E-state index contributed by atoms with van der Waals surface area (Å²) in [6.45, 7) is 2.13. The van der Waals surface area contributed by atoms with E-state index in [1.807, 2.05) is 18.2 Å². The number of rotatable bonds is 5. The van der Waals surface area contributed by atoms with Crippen molar-refractivity contribution >= 4 is 17.6 Å². The summed E-state index contributed by atoms with van der Waals surface area (Å²) in [4.78, 5) is 26.3. The van der Waals surface area contributed by atoms with E-state index in [1.165, 1.54) is 18.4 Å². The number of nitrogens with one attached hydrogen (secondary N) is 2. The van der Waals surface area contributed by atoms with E-state index in [2.05, 4.69) is 16.7 Å². The van der Waals surface area contributed by atoms with Crippen molar-refractivity contribution in [3.8, 4) is 11.5 Å². The van der Waals surface area contributed by atoms with E-state index in [1.54, 1.807) is 4.90 Å². The van der Waals surface area contributed by atoms with Gasteiger partial charge < -0.3 is 25.0 Å². The first-order valence-electron chi connectivity index (χ1n) is 10.1. The summed E-state index contributed by atoms with van der Waals surface area (Å²) >= 11 is 0. The molecule has 2 aliphatic heterocycles. The van der Waals surface area contributed by atoms with E-state index in [0.29, 0.717) is 44.2 Å². The third-order valence-corrected chi connectivity index (χ3v) is 5.41. The molecule has 1 aromatic rings. The van der Waals surface area contributed by atoms with Crippen LogP contribution in [0.4, 0.5) is 10.5 Å². The SMILES string of the molecule is O=C(NCCC1=CCCCC1)N[C@H]1CC(=O)N(c2ccc3c(c2)OCCO3)C1. The second kappa shape index (κ2) is 8.54. The van der Waals surface area contributed by atoms with Crippen molar-refractivity contribution < 1.29 is 19.1 Å². The van der Waals surface area contributed by atoms with Gasteiger partial charge in [0.2, 0.25) is 5.91 Å². The zero-order chi connectivity index (χ0) is 19.3. The van der Waals surface area contributed by atoms with Crippen LogP contribution in [0.25, 0.3) is 0 Å². The summed E-state index contributed by atoms with van der Waals surface area (Å²) in [5.41, 5.74) is 2.20. The van der Waals surface area contributed by atoms with Gasteiger partial charge in [-0.05, 0) is 44.2 Å². The van der Waals surface area contributed by atoms with Crippen LogP contribution in [0.2, 0.25) is 0 Å². The van der Waals surface area contributed by atoms with Crippen LogP contribution in [-0.2, 0) is 4.79 Å². The molecule has 0 saturated carbocycles. The molecule has 1 atom stereocenters. The quantitative estimate of drug-likeness (QED) is 0.764. The highest BCUT2D eigenvalue weighted by Gasteiger charge is 2.32. The van der Waals surface area contributed by atoms with Crippen molar-refractivity contribution in [2.45, 2.75) is 44.6 Å². The Bertz CT molecular complexity index is 777. The molecule has 150 valence electrons. The summed E-state index contributed by atoms with van der Waals surface area (Å²) < 4.78 is 11.1. The minimum Gasteiger partial charge on any atom is -0.486 e. The molecule has 1 aliphatic carbocycles. The summed E-state index contributed by atoms with van der Waals surface area (Å²) in [6, 6.07) is 5.09. The molecule has 4 rings (SSSR count). The van der Waals surface area contributed by atoms with Gasteiger partial charge in [0.15, 0.2) is 11.5 Å². The smallest absolute Gasteiger partial charge is 0.315 e. The predicted molar refractivity (Wildman–Crippen MR) is 106 cm³/mol. The summed E-state index contributed by atoms with van der Waals surface area (Å²) in [5, 5.41) is 5.83. The van der Waals surface area contributed by atoms with E-state index in [0.717, 1.165) is 24.9 Å². The number of nitrogens with zero attached hydrogens (tertiary/aromatic N) is 1. The first-order chi connectivity index (χ1) is 13.7. The number of fused-ring (bicyclic) bond motifs is 1. The Morgan fingerprint density at radius 3 is 2.86 bits per heavy atom. The maximum atomic E-state index is 12.4. The summed E-state index contributed by atoms with van der Waals surface area (Å²) in [6.07, 6.45) is 8.31. The lowest BCUT2D eigenvalue weighted by molar-refractivity contribution is -0.117. The lowest BCUT2D eigenvalue weighted by Gasteiger charge is -2.22. The van der Waals surface area contributed by atoms with Gasteiger partial charge in [-0.15, -0.1) is 0 Å². The fraction of sp³-hybridized carbons (Fsp3) is 0.524. The molecule has 2 heterocycles. The molecule has 7 heteroatoms. The molecular formula is C21H27N3O4. The number of anilines is 1. The lowest BCUT2D eigenvalue weighted by Crippen LogP contribution is -2.43. The van der Waals surface area contributed by atoms with Crippen molar-refractivity contribution in [1.29, 1.82) is 0 Å². The molecular weight excluding hydrogens is 358 g/mol. The van der Waals surface area contributed by atoms with Gasteiger partial charge in [-0.1, -0.05) is 11.6 Å². The van der Waals surface area contributed by atoms with E-state index in [-0.39, 0.29) is 18.0 Å². The Hall–Kier alpha value is -2.70. The zero-order valence-corrected chi connectivity index (χ0v) is 16.0. The van der Waals surface area contributed by atoms with Crippen molar-refractivity contribution in [3.05, 3.63) is 29.8 Å². The summed E-state index contributed by atoms with van der Waals surface area (Å²) in [5.74, 6) is 1.35. The van der Waals surface area contributed by atoms with Gasteiger partial charge in [0.25, 0.3) is 0 Å². The first-order valence-corrected chi connectivity index (χ1v) is 10.1. The standard InChI is InChI=1S/C21H27N3O4/c25-20-12-16(23-21(26)22-9-8-15-4-2-1-3-5-15)14-24(20)17-6-7-18-19(13-17)28-11-10-27-18/h4,6-7,13,16H,1-3,5,8-12,14H2,(H2,22,23,26)/t16-/m0/s1. The zero-order valence-electron chi connectivity index (χ0n) is 16.0. The number of ether oxygens (including phenoxy) is 2. The number of benzene rings is 1. The fourth-order valence-corrected chi connectivity index (χ4v) is 3.96. The normalized spacial score (nSPS) is 21.3. The molecule has 3 aliphatic rings. The Morgan fingerprint density at radius 2 is 2.04 bits per heavy atom. The minimum absolute atomic E-state index is 0.00524. The van der Waals surface area contributed by atoms with E-state index >= 15 is 0 Å². The number of allylic oxidation sites excluding steroid dienone is 1. The molecule has 0 radical (unpaired) electrons. The molecule has 28 heavy (non-hydrogen) atoms. The second-order valence-corrected chi connectivity index (χ2v) is 7.49. The number of carbonyl (C=O) groups excluding carboxylic acids is 2. The Balaban J connectivity index is 1.27. The van der Waals surface area contributed by atoms with Gasteiger partial charge in [0.1, 0.15) is 13.2 Å². The number of carbonyl (C=O) groups is 2. The molecule has 0 spiro atoms. The number of amides is 3. The molecule has 7 nitrogen and oxygen atoms in total. The van der Waals surface area contributed by atoms with E-state index in [4.69, 9.17) is 9.47 Å². The molecule has 1 aromatic carbocycles. The largest absolute Gasteiger partial charge is 0.486 e. The molecule has 3 amide bonds. The van der Waals surface area contributed by atoms with Crippen LogP contribution in [-0.4, -0.2) is 44.3 Å². The lowest BCUT2D eigenvalue weighted by atomic mass is 9.97. The van der Waals surface area contributed by atoms with Crippen LogP contribution in [0.1, 0.15) is 38.5 Å². The summed E-state index contributed by atoms with van der Waals surface area (Å²) in [7, 11) is 0. The molecule has 0 unspecified atom stereocenters. The average Bonchev–Trinajstić information content (AvgIpc) is 3.08. The molecule has 1 saturated heterocycles. The van der Waals surface area contributed by atoms with Crippen LogP contribution < -0.4 is 25.0 Å². The molecule has 0 bridgehead atoms. The minimum atomic E-state index is -0.210. The second-order valence-electron chi connectivity index (χ2n) is 7.49. The highest BCUT2D eigenvalue weighted by Crippen LogP contribution is 2.35. The maximum Gasteiger partial charge on any atom is 0.315 e. The van der Waals surface area contributed by atoms with E-state index in [9.17, 15) is 9.59 Å². The van der Waals surface area contributed by atoms with Gasteiger partial charge in [0.05, 0.1) is 6.04 Å². The van der Waals surface area contributed by atoms with Crippen LogP contribution in [0.15, 0.2) is 29.8 Å². The Morgan fingerprint density at radius 1 is 1.18 bits per heavy atom. The molecule has 2 N–H and O–H groups in total. The van der Waals surface area contributed by atoms with Gasteiger partial charge in [-0.25, -0.2) is 4.79 Å². The third kappa shape index (κ3) is 4.40. The maximum absolute atomic E-state index is 12.4. The number of hydrogen-bond donors (Lipinski definition) is 2. The molecule has 1 fully saturated rings. The fourth-order valence-electron chi connectivity index (χ4n) is 3.96. The predicted octanol–water partition coefficient (Wildman–Crippen LogP) is 2.75. The highest BCUT2D eigenvalue weighted by atomic mass is 16.6.